The van der Waals surface area contributed by atoms with Crippen LogP contribution in [0.2, 0.25) is 0 Å². The van der Waals surface area contributed by atoms with E-state index in [4.69, 9.17) is 0 Å². The molecule has 1 unspecified atom stereocenters. The van der Waals surface area contributed by atoms with Crippen molar-refractivity contribution in [1.29, 1.82) is 0 Å². The number of nitrogens with zero attached hydrogens (tertiary/aromatic N) is 1. The van der Waals surface area contributed by atoms with Gasteiger partial charge in [-0.3, -0.25) is 0 Å². The highest BCUT2D eigenvalue weighted by Crippen LogP contribution is 2.20. The molecule has 0 aliphatic carbocycles. The van der Waals surface area contributed by atoms with E-state index in [9.17, 15) is 5.11 Å². The molecule has 1 atom stereocenters. The fraction of sp³-hybridized carbons (Fsp3) is 0.188. The molecule has 3 rings (SSSR count). The number of fused-ring (bicyclic) bond motifs is 1. The summed E-state index contributed by atoms with van der Waals surface area (Å²) in [7, 11) is 0. The van der Waals surface area contributed by atoms with Gasteiger partial charge in [0.15, 0.2) is 0 Å². The van der Waals surface area contributed by atoms with Gasteiger partial charge in [0.2, 0.25) is 0 Å². The number of aliphatic hydroxyl groups excluding tert-OH is 1. The van der Waals surface area contributed by atoms with Crippen LogP contribution < -0.4 is 0 Å². The van der Waals surface area contributed by atoms with Gasteiger partial charge in [0, 0.05) is 18.0 Å². The maximum atomic E-state index is 10.2. The summed E-state index contributed by atoms with van der Waals surface area (Å²) in [6.07, 6.45) is 2.70. The fourth-order valence-corrected chi connectivity index (χ4v) is 3.04. The minimum atomic E-state index is -0.378. The first-order valence-corrected chi connectivity index (χ1v) is 7.24. The van der Waals surface area contributed by atoms with Gasteiger partial charge in [0.25, 0.3) is 0 Å². The van der Waals surface area contributed by atoms with Crippen LogP contribution in [0.3, 0.4) is 0 Å². The molecular formula is C16H15NOS. The Kier molecular flexibility index (Phi) is 3.58. The molecule has 0 saturated heterocycles. The second-order valence-corrected chi connectivity index (χ2v) is 5.61. The highest BCUT2D eigenvalue weighted by Gasteiger charge is 2.10. The third-order valence-electron chi connectivity index (χ3n) is 3.23. The van der Waals surface area contributed by atoms with E-state index in [0.29, 0.717) is 12.8 Å². The molecule has 0 aliphatic heterocycles. The van der Waals surface area contributed by atoms with Crippen LogP contribution in [0.4, 0.5) is 0 Å². The van der Waals surface area contributed by atoms with Crippen LogP contribution >= 0.6 is 11.3 Å². The number of thiazole rings is 1. The van der Waals surface area contributed by atoms with E-state index >= 15 is 0 Å². The van der Waals surface area contributed by atoms with Gasteiger partial charge in [-0.1, -0.05) is 42.5 Å². The number of aliphatic hydroxyl groups is 1. The summed E-state index contributed by atoms with van der Waals surface area (Å²) in [6.45, 7) is 0. The molecule has 0 radical (unpaired) electrons. The SMILES string of the molecule is OC(Cc1nccs1)Cc1cccc2ccccc12. The van der Waals surface area contributed by atoms with Crippen LogP contribution in [0.25, 0.3) is 10.8 Å². The lowest BCUT2D eigenvalue weighted by Crippen LogP contribution is -2.13. The Morgan fingerprint density at radius 1 is 1.05 bits per heavy atom. The quantitative estimate of drug-likeness (QED) is 0.787. The third kappa shape index (κ3) is 2.83. The van der Waals surface area contributed by atoms with Crippen LogP contribution in [0.1, 0.15) is 10.6 Å². The molecule has 1 heterocycles. The van der Waals surface area contributed by atoms with E-state index in [1.807, 2.05) is 23.6 Å². The maximum absolute atomic E-state index is 10.2. The first-order valence-electron chi connectivity index (χ1n) is 6.36. The Bertz CT molecular complexity index is 658. The van der Waals surface area contributed by atoms with Crippen LogP contribution in [0, 0.1) is 0 Å². The molecule has 1 N–H and O–H groups in total. The molecule has 3 aromatic rings. The Morgan fingerprint density at radius 2 is 1.89 bits per heavy atom. The molecule has 2 nitrogen and oxygen atoms in total. The molecule has 0 spiro atoms. The van der Waals surface area contributed by atoms with Crippen LogP contribution in [-0.2, 0) is 12.8 Å². The molecule has 3 heteroatoms. The number of hydrogen-bond acceptors (Lipinski definition) is 3. The van der Waals surface area contributed by atoms with Crippen molar-refractivity contribution < 1.29 is 5.11 Å². The lowest BCUT2D eigenvalue weighted by molar-refractivity contribution is 0.175. The van der Waals surface area contributed by atoms with Crippen molar-refractivity contribution in [3.05, 3.63) is 64.6 Å². The Labute approximate surface area is 116 Å². The van der Waals surface area contributed by atoms with Crippen molar-refractivity contribution in [3.8, 4) is 0 Å². The summed E-state index contributed by atoms with van der Waals surface area (Å²) in [5.74, 6) is 0. The van der Waals surface area contributed by atoms with E-state index in [2.05, 4.69) is 29.2 Å². The number of benzene rings is 2. The summed E-state index contributed by atoms with van der Waals surface area (Å²) in [5, 5.41) is 15.6. The van der Waals surface area contributed by atoms with E-state index in [-0.39, 0.29) is 6.10 Å². The summed E-state index contributed by atoms with van der Waals surface area (Å²) in [6, 6.07) is 14.5. The van der Waals surface area contributed by atoms with Crippen molar-refractivity contribution in [2.75, 3.05) is 0 Å². The zero-order chi connectivity index (χ0) is 13.1. The maximum Gasteiger partial charge on any atom is 0.0950 e. The molecule has 0 saturated carbocycles. The molecule has 1 aromatic heterocycles. The van der Waals surface area contributed by atoms with Gasteiger partial charge in [-0.2, -0.15) is 0 Å². The van der Waals surface area contributed by atoms with Gasteiger partial charge < -0.3 is 5.11 Å². The largest absolute Gasteiger partial charge is 0.392 e. The smallest absolute Gasteiger partial charge is 0.0950 e. The van der Waals surface area contributed by atoms with Crippen molar-refractivity contribution in [2.24, 2.45) is 0 Å². The minimum Gasteiger partial charge on any atom is -0.392 e. The van der Waals surface area contributed by atoms with Crippen molar-refractivity contribution >= 4 is 22.1 Å². The van der Waals surface area contributed by atoms with Gasteiger partial charge in [-0.25, -0.2) is 4.98 Å². The summed E-state index contributed by atoms with van der Waals surface area (Å²) in [4.78, 5) is 4.22. The van der Waals surface area contributed by atoms with Gasteiger partial charge in [-0.15, -0.1) is 11.3 Å². The highest BCUT2D eigenvalue weighted by atomic mass is 32.1. The Hall–Kier alpha value is -1.71. The molecule has 2 aromatic carbocycles. The number of rotatable bonds is 4. The van der Waals surface area contributed by atoms with Crippen LogP contribution in [0.5, 0.6) is 0 Å². The van der Waals surface area contributed by atoms with Gasteiger partial charge in [0.1, 0.15) is 0 Å². The van der Waals surface area contributed by atoms with E-state index < -0.39 is 0 Å². The number of aromatic nitrogens is 1. The molecule has 96 valence electrons. The molecular weight excluding hydrogens is 254 g/mol. The molecule has 0 bridgehead atoms. The van der Waals surface area contributed by atoms with Gasteiger partial charge in [0.05, 0.1) is 11.1 Å². The standard InChI is InChI=1S/C16H15NOS/c18-14(11-16-17-8-9-19-16)10-13-6-3-5-12-4-1-2-7-15(12)13/h1-9,14,18H,10-11H2. The third-order valence-corrected chi connectivity index (χ3v) is 4.03. The van der Waals surface area contributed by atoms with E-state index in [1.54, 1.807) is 17.5 Å². The monoisotopic (exact) mass is 269 g/mol. The second kappa shape index (κ2) is 5.51. The lowest BCUT2D eigenvalue weighted by atomic mass is 9.99. The first-order chi connectivity index (χ1) is 9.33. The van der Waals surface area contributed by atoms with E-state index in [1.165, 1.54) is 16.3 Å². The predicted octanol–water partition coefficient (Wildman–Crippen LogP) is 3.44. The Morgan fingerprint density at radius 3 is 2.74 bits per heavy atom. The van der Waals surface area contributed by atoms with E-state index in [0.717, 1.165) is 5.01 Å². The molecule has 0 fully saturated rings. The summed E-state index contributed by atoms with van der Waals surface area (Å²) < 4.78 is 0. The molecule has 19 heavy (non-hydrogen) atoms. The van der Waals surface area contributed by atoms with Gasteiger partial charge >= 0.3 is 0 Å². The topological polar surface area (TPSA) is 33.1 Å². The van der Waals surface area contributed by atoms with Crippen molar-refractivity contribution in [1.82, 2.24) is 4.98 Å². The second-order valence-electron chi connectivity index (χ2n) is 4.63. The predicted molar refractivity (Wildman–Crippen MR) is 79.5 cm³/mol. The average molecular weight is 269 g/mol. The Balaban J connectivity index is 1.81. The number of hydrogen-bond donors (Lipinski definition) is 1. The van der Waals surface area contributed by atoms with Crippen LogP contribution in [-0.4, -0.2) is 16.2 Å². The molecule has 0 aliphatic rings. The lowest BCUT2D eigenvalue weighted by Gasteiger charge is -2.11. The summed E-state index contributed by atoms with van der Waals surface area (Å²) >= 11 is 1.59. The first kappa shape index (κ1) is 12.3. The van der Waals surface area contributed by atoms with Crippen LogP contribution in [0.15, 0.2) is 54.0 Å². The fourth-order valence-electron chi connectivity index (χ4n) is 2.35. The summed E-state index contributed by atoms with van der Waals surface area (Å²) in [5.41, 5.74) is 1.20. The molecule has 0 amide bonds. The highest BCUT2D eigenvalue weighted by molar-refractivity contribution is 7.09. The zero-order valence-electron chi connectivity index (χ0n) is 10.5. The normalized spacial score (nSPS) is 12.7. The van der Waals surface area contributed by atoms with Gasteiger partial charge in [-0.05, 0) is 22.8 Å². The average Bonchev–Trinajstić information content (AvgIpc) is 2.92. The van der Waals surface area contributed by atoms with Crippen molar-refractivity contribution in [3.63, 3.8) is 0 Å². The minimum absolute atomic E-state index is 0.378. The zero-order valence-corrected chi connectivity index (χ0v) is 11.3. The van der Waals surface area contributed by atoms with Crippen molar-refractivity contribution in [2.45, 2.75) is 18.9 Å².